The molecule has 2 aromatic rings. The number of carbonyl (C=O) groups is 1. The van der Waals surface area contributed by atoms with Crippen LogP contribution in [0.4, 0.5) is 5.69 Å². The van der Waals surface area contributed by atoms with Gasteiger partial charge in [-0.2, -0.15) is 0 Å². The highest BCUT2D eigenvalue weighted by Crippen LogP contribution is 2.15. The standard InChI is InChI=1S/C19H24N2O2.ClH/c1-3-17(23-18-6-4-5-14(2)11-18)13-21-19(22)12-15-7-9-16(20)10-8-15;/h4-11,17H,3,12-13,20H2,1-2H3,(H,21,22);1H. The number of hydrogen-bond donors (Lipinski definition) is 2. The lowest BCUT2D eigenvalue weighted by molar-refractivity contribution is -0.120. The SMILES string of the molecule is CCC(CNC(=O)Cc1ccc(N)cc1)Oc1cccc(C)c1.Cl. The molecule has 4 nitrogen and oxygen atoms in total. The van der Waals surface area contributed by atoms with Crippen LogP contribution >= 0.6 is 12.4 Å². The quantitative estimate of drug-likeness (QED) is 0.752. The zero-order valence-corrected chi connectivity index (χ0v) is 14.9. The summed E-state index contributed by atoms with van der Waals surface area (Å²) >= 11 is 0. The van der Waals surface area contributed by atoms with Crippen LogP contribution in [0.15, 0.2) is 48.5 Å². The van der Waals surface area contributed by atoms with E-state index in [1.54, 1.807) is 12.1 Å². The van der Waals surface area contributed by atoms with Crippen LogP contribution in [-0.4, -0.2) is 18.6 Å². The van der Waals surface area contributed by atoms with Gasteiger partial charge in [0.25, 0.3) is 0 Å². The fourth-order valence-electron chi connectivity index (χ4n) is 2.26. The molecule has 0 heterocycles. The van der Waals surface area contributed by atoms with Crippen molar-refractivity contribution in [1.82, 2.24) is 5.32 Å². The van der Waals surface area contributed by atoms with Gasteiger partial charge in [0.15, 0.2) is 0 Å². The summed E-state index contributed by atoms with van der Waals surface area (Å²) in [5.74, 6) is 0.825. The molecule has 1 atom stereocenters. The molecule has 1 unspecified atom stereocenters. The molecule has 2 aromatic carbocycles. The first-order valence-electron chi connectivity index (χ1n) is 7.91. The number of nitrogens with two attached hydrogens (primary N) is 1. The molecule has 0 fully saturated rings. The maximum Gasteiger partial charge on any atom is 0.224 e. The summed E-state index contributed by atoms with van der Waals surface area (Å²) in [6.07, 6.45) is 1.14. The number of anilines is 1. The molecule has 0 radical (unpaired) electrons. The average Bonchev–Trinajstić information content (AvgIpc) is 2.53. The molecule has 0 aliphatic carbocycles. The molecule has 0 spiro atoms. The zero-order valence-electron chi connectivity index (χ0n) is 14.1. The van der Waals surface area contributed by atoms with E-state index in [-0.39, 0.29) is 24.4 Å². The summed E-state index contributed by atoms with van der Waals surface area (Å²) in [7, 11) is 0. The molecule has 0 saturated carbocycles. The average molecular weight is 349 g/mol. The third-order valence-corrected chi connectivity index (χ3v) is 3.62. The monoisotopic (exact) mass is 348 g/mol. The minimum Gasteiger partial charge on any atom is -0.489 e. The second kappa shape index (κ2) is 9.83. The second-order valence-corrected chi connectivity index (χ2v) is 5.69. The van der Waals surface area contributed by atoms with Gasteiger partial charge in [-0.15, -0.1) is 12.4 Å². The van der Waals surface area contributed by atoms with E-state index in [1.165, 1.54) is 0 Å². The van der Waals surface area contributed by atoms with E-state index in [0.717, 1.165) is 23.3 Å². The molecule has 0 aliphatic rings. The fourth-order valence-corrected chi connectivity index (χ4v) is 2.26. The Morgan fingerprint density at radius 1 is 1.21 bits per heavy atom. The first kappa shape index (κ1) is 19.8. The van der Waals surface area contributed by atoms with E-state index in [9.17, 15) is 4.79 Å². The lowest BCUT2D eigenvalue weighted by atomic mass is 10.1. The molecular weight excluding hydrogens is 324 g/mol. The zero-order chi connectivity index (χ0) is 16.7. The van der Waals surface area contributed by atoms with Crippen LogP contribution in [0.1, 0.15) is 24.5 Å². The van der Waals surface area contributed by atoms with E-state index in [4.69, 9.17) is 10.5 Å². The number of ether oxygens (including phenoxy) is 1. The normalized spacial score (nSPS) is 11.2. The highest BCUT2D eigenvalue weighted by molar-refractivity contribution is 5.85. The van der Waals surface area contributed by atoms with Crippen molar-refractivity contribution in [2.75, 3.05) is 12.3 Å². The number of benzene rings is 2. The predicted molar refractivity (Wildman–Crippen MR) is 101 cm³/mol. The number of aryl methyl sites for hydroxylation is 1. The van der Waals surface area contributed by atoms with E-state index in [2.05, 4.69) is 5.32 Å². The summed E-state index contributed by atoms with van der Waals surface area (Å²) in [5, 5.41) is 2.94. The Balaban J connectivity index is 0.00000288. The summed E-state index contributed by atoms with van der Waals surface area (Å²) in [4.78, 5) is 12.0. The van der Waals surface area contributed by atoms with Gasteiger partial charge in [-0.1, -0.05) is 31.2 Å². The number of amides is 1. The van der Waals surface area contributed by atoms with Crippen molar-refractivity contribution >= 4 is 24.0 Å². The summed E-state index contributed by atoms with van der Waals surface area (Å²) < 4.78 is 5.93. The molecule has 24 heavy (non-hydrogen) atoms. The van der Waals surface area contributed by atoms with E-state index in [1.807, 2.05) is 50.2 Å². The van der Waals surface area contributed by atoms with Gasteiger partial charge >= 0.3 is 0 Å². The Hall–Kier alpha value is -2.20. The first-order valence-corrected chi connectivity index (χ1v) is 7.91. The Bertz CT molecular complexity index is 644. The van der Waals surface area contributed by atoms with Gasteiger partial charge in [0.1, 0.15) is 11.9 Å². The molecule has 130 valence electrons. The minimum atomic E-state index is -0.0350. The van der Waals surface area contributed by atoms with Crippen LogP contribution in [0.3, 0.4) is 0 Å². The maximum atomic E-state index is 12.0. The fraction of sp³-hybridized carbons (Fsp3) is 0.316. The molecule has 0 bridgehead atoms. The van der Waals surface area contributed by atoms with Crippen molar-refractivity contribution < 1.29 is 9.53 Å². The van der Waals surface area contributed by atoms with Gasteiger partial charge in [0, 0.05) is 5.69 Å². The Kier molecular flexibility index (Phi) is 8.13. The Morgan fingerprint density at radius 3 is 2.54 bits per heavy atom. The number of nitrogens with one attached hydrogen (secondary N) is 1. The second-order valence-electron chi connectivity index (χ2n) is 5.69. The predicted octanol–water partition coefficient (Wildman–Crippen LogP) is 3.52. The Labute approximate surface area is 149 Å². The van der Waals surface area contributed by atoms with Gasteiger partial charge < -0.3 is 15.8 Å². The highest BCUT2D eigenvalue weighted by atomic mass is 35.5. The highest BCUT2D eigenvalue weighted by Gasteiger charge is 2.11. The summed E-state index contributed by atoms with van der Waals surface area (Å²) in [6.45, 7) is 4.58. The number of halogens is 1. The molecule has 0 aliphatic heterocycles. The van der Waals surface area contributed by atoms with Crippen molar-refractivity contribution in [2.24, 2.45) is 0 Å². The first-order chi connectivity index (χ1) is 11.1. The van der Waals surface area contributed by atoms with E-state index in [0.29, 0.717) is 18.7 Å². The molecule has 2 rings (SSSR count). The number of hydrogen-bond acceptors (Lipinski definition) is 3. The summed E-state index contributed by atoms with van der Waals surface area (Å²) in [6, 6.07) is 15.3. The maximum absolute atomic E-state index is 12.0. The van der Waals surface area contributed by atoms with Crippen molar-refractivity contribution in [2.45, 2.75) is 32.8 Å². The van der Waals surface area contributed by atoms with Crippen molar-refractivity contribution in [3.63, 3.8) is 0 Å². The number of nitrogen functional groups attached to an aromatic ring is 1. The van der Waals surface area contributed by atoms with Crippen LogP contribution in [0.25, 0.3) is 0 Å². The third-order valence-electron chi connectivity index (χ3n) is 3.62. The third kappa shape index (κ3) is 6.50. The van der Waals surface area contributed by atoms with Gasteiger partial charge in [0.05, 0.1) is 13.0 Å². The molecule has 1 amide bonds. The summed E-state index contributed by atoms with van der Waals surface area (Å²) in [5.41, 5.74) is 8.45. The Morgan fingerprint density at radius 2 is 1.92 bits per heavy atom. The molecular formula is C19H25ClN2O2. The lowest BCUT2D eigenvalue weighted by Gasteiger charge is -2.18. The molecule has 0 saturated heterocycles. The lowest BCUT2D eigenvalue weighted by Crippen LogP contribution is -2.35. The van der Waals surface area contributed by atoms with E-state index >= 15 is 0 Å². The van der Waals surface area contributed by atoms with Crippen molar-refractivity contribution in [3.05, 3.63) is 59.7 Å². The van der Waals surface area contributed by atoms with E-state index < -0.39 is 0 Å². The van der Waals surface area contributed by atoms with Crippen molar-refractivity contribution in [1.29, 1.82) is 0 Å². The molecule has 5 heteroatoms. The molecule has 3 N–H and O–H groups in total. The topological polar surface area (TPSA) is 64.4 Å². The molecule has 0 aromatic heterocycles. The van der Waals surface area contributed by atoms with Crippen LogP contribution in [0, 0.1) is 6.92 Å². The van der Waals surface area contributed by atoms with Gasteiger partial charge in [-0.05, 0) is 48.7 Å². The smallest absolute Gasteiger partial charge is 0.224 e. The van der Waals surface area contributed by atoms with Crippen LogP contribution < -0.4 is 15.8 Å². The van der Waals surface area contributed by atoms with Crippen LogP contribution in [-0.2, 0) is 11.2 Å². The number of rotatable bonds is 7. The van der Waals surface area contributed by atoms with Gasteiger partial charge in [-0.3, -0.25) is 4.79 Å². The minimum absolute atomic E-state index is 0. The van der Waals surface area contributed by atoms with Crippen molar-refractivity contribution in [3.8, 4) is 5.75 Å². The van der Waals surface area contributed by atoms with Crippen LogP contribution in [0.5, 0.6) is 5.75 Å². The largest absolute Gasteiger partial charge is 0.489 e. The number of carbonyl (C=O) groups excluding carboxylic acids is 1. The van der Waals surface area contributed by atoms with Crippen LogP contribution in [0.2, 0.25) is 0 Å². The van der Waals surface area contributed by atoms with Gasteiger partial charge in [-0.25, -0.2) is 0 Å². The van der Waals surface area contributed by atoms with Gasteiger partial charge in [0.2, 0.25) is 5.91 Å².